The van der Waals surface area contributed by atoms with Crippen molar-refractivity contribution in [2.45, 2.75) is 13.5 Å². The molecule has 4 rings (SSSR count). The molecule has 1 aromatic heterocycles. The molecule has 0 aliphatic rings. The molecule has 6 nitrogen and oxygen atoms in total. The Morgan fingerprint density at radius 3 is 2.45 bits per heavy atom. The van der Waals surface area contributed by atoms with Crippen molar-refractivity contribution >= 4 is 5.91 Å². The van der Waals surface area contributed by atoms with Crippen LogP contribution in [0, 0.1) is 6.92 Å². The fourth-order valence-corrected chi connectivity index (χ4v) is 3.12. The number of aromatic nitrogens is 2. The van der Waals surface area contributed by atoms with E-state index in [0.717, 1.165) is 16.7 Å². The van der Waals surface area contributed by atoms with Crippen LogP contribution in [0.4, 0.5) is 0 Å². The number of nitrogens with zero attached hydrogens (tertiary/aromatic N) is 3. The Labute approximate surface area is 181 Å². The van der Waals surface area contributed by atoms with E-state index in [1.807, 2.05) is 79.7 Å². The van der Waals surface area contributed by atoms with Crippen LogP contribution in [-0.4, -0.2) is 34.6 Å². The summed E-state index contributed by atoms with van der Waals surface area (Å²) in [5.41, 5.74) is 3.74. The van der Waals surface area contributed by atoms with Gasteiger partial charge in [0.1, 0.15) is 5.75 Å². The van der Waals surface area contributed by atoms with Gasteiger partial charge >= 0.3 is 0 Å². The first-order valence-electron chi connectivity index (χ1n) is 10.0. The van der Waals surface area contributed by atoms with Crippen molar-refractivity contribution in [1.29, 1.82) is 0 Å². The largest absolute Gasteiger partial charge is 0.483 e. The summed E-state index contributed by atoms with van der Waals surface area (Å²) in [6.45, 7) is 2.46. The lowest BCUT2D eigenvalue weighted by Crippen LogP contribution is -2.31. The average molecular weight is 413 g/mol. The lowest BCUT2D eigenvalue weighted by molar-refractivity contribution is -0.132. The third kappa shape index (κ3) is 4.98. The number of benzene rings is 3. The maximum Gasteiger partial charge on any atom is 0.262 e. The molecule has 0 aliphatic heterocycles. The van der Waals surface area contributed by atoms with Crippen molar-refractivity contribution in [2.24, 2.45) is 0 Å². The van der Waals surface area contributed by atoms with Crippen molar-refractivity contribution in [1.82, 2.24) is 15.0 Å². The summed E-state index contributed by atoms with van der Waals surface area (Å²) in [5, 5.41) is 4.09. The standard InChI is InChI=1S/C25H23N3O3/c1-18-12-14-20(15-13-18)24-26-25(31-27-24)21-10-6-7-11-22(21)30-17-23(29)28(2)16-19-8-4-3-5-9-19/h3-15H,16-17H2,1-2H3. The Hall–Kier alpha value is -3.93. The molecule has 0 atom stereocenters. The Balaban J connectivity index is 1.45. The molecular formula is C25H23N3O3. The van der Waals surface area contributed by atoms with Crippen LogP contribution in [0.5, 0.6) is 5.75 Å². The second-order valence-electron chi connectivity index (χ2n) is 7.31. The van der Waals surface area contributed by atoms with Gasteiger partial charge in [0.25, 0.3) is 11.8 Å². The van der Waals surface area contributed by atoms with Crippen LogP contribution in [0.2, 0.25) is 0 Å². The highest BCUT2D eigenvalue weighted by Gasteiger charge is 2.17. The monoisotopic (exact) mass is 413 g/mol. The number of rotatable bonds is 7. The molecule has 3 aromatic carbocycles. The number of likely N-dealkylation sites (N-methyl/N-ethyl adjacent to an activating group) is 1. The van der Waals surface area contributed by atoms with Crippen LogP contribution in [0.3, 0.4) is 0 Å². The number of carbonyl (C=O) groups is 1. The van der Waals surface area contributed by atoms with E-state index in [9.17, 15) is 4.79 Å². The normalized spacial score (nSPS) is 10.6. The van der Waals surface area contributed by atoms with Gasteiger partial charge in [0.05, 0.1) is 5.56 Å². The predicted molar refractivity (Wildman–Crippen MR) is 118 cm³/mol. The number of para-hydroxylation sites is 1. The summed E-state index contributed by atoms with van der Waals surface area (Å²) in [6.07, 6.45) is 0. The quantitative estimate of drug-likeness (QED) is 0.437. The first-order valence-corrected chi connectivity index (χ1v) is 10.0. The molecule has 6 heteroatoms. The van der Waals surface area contributed by atoms with Gasteiger partial charge in [-0.15, -0.1) is 0 Å². The molecule has 31 heavy (non-hydrogen) atoms. The molecule has 156 valence electrons. The number of hydrogen-bond acceptors (Lipinski definition) is 5. The highest BCUT2D eigenvalue weighted by Crippen LogP contribution is 2.30. The first-order chi connectivity index (χ1) is 15.1. The van der Waals surface area contributed by atoms with E-state index >= 15 is 0 Å². The number of hydrogen-bond donors (Lipinski definition) is 0. The highest BCUT2D eigenvalue weighted by molar-refractivity contribution is 5.78. The van der Waals surface area contributed by atoms with Gasteiger partial charge in [0.2, 0.25) is 5.82 Å². The van der Waals surface area contributed by atoms with Crippen molar-refractivity contribution in [3.8, 4) is 28.6 Å². The van der Waals surface area contributed by atoms with E-state index in [-0.39, 0.29) is 12.5 Å². The minimum Gasteiger partial charge on any atom is -0.483 e. The predicted octanol–water partition coefficient (Wildman–Crippen LogP) is 4.75. The zero-order valence-corrected chi connectivity index (χ0v) is 17.5. The number of aryl methyl sites for hydroxylation is 1. The van der Waals surface area contributed by atoms with Crippen LogP contribution in [-0.2, 0) is 11.3 Å². The second kappa shape index (κ2) is 9.26. The molecule has 0 N–H and O–H groups in total. The molecule has 0 spiro atoms. The van der Waals surface area contributed by atoms with Crippen LogP contribution >= 0.6 is 0 Å². The molecule has 0 saturated heterocycles. The molecule has 0 aliphatic carbocycles. The van der Waals surface area contributed by atoms with Gasteiger partial charge in [-0.2, -0.15) is 4.98 Å². The van der Waals surface area contributed by atoms with Crippen LogP contribution < -0.4 is 4.74 Å². The van der Waals surface area contributed by atoms with Crippen LogP contribution in [0.15, 0.2) is 83.4 Å². The average Bonchev–Trinajstić information content (AvgIpc) is 3.29. The zero-order chi connectivity index (χ0) is 21.6. The Morgan fingerprint density at radius 2 is 1.68 bits per heavy atom. The zero-order valence-electron chi connectivity index (χ0n) is 17.5. The van der Waals surface area contributed by atoms with Gasteiger partial charge in [-0.3, -0.25) is 4.79 Å². The molecule has 0 bridgehead atoms. The second-order valence-corrected chi connectivity index (χ2v) is 7.31. The van der Waals surface area contributed by atoms with Gasteiger partial charge < -0.3 is 14.2 Å². The summed E-state index contributed by atoms with van der Waals surface area (Å²) in [7, 11) is 1.76. The van der Waals surface area contributed by atoms with E-state index in [4.69, 9.17) is 9.26 Å². The topological polar surface area (TPSA) is 68.5 Å². The lowest BCUT2D eigenvalue weighted by Gasteiger charge is -2.18. The van der Waals surface area contributed by atoms with Gasteiger partial charge in [0.15, 0.2) is 6.61 Å². The summed E-state index contributed by atoms with van der Waals surface area (Å²) >= 11 is 0. The van der Waals surface area contributed by atoms with Crippen LogP contribution in [0.25, 0.3) is 22.8 Å². The SMILES string of the molecule is Cc1ccc(-c2noc(-c3ccccc3OCC(=O)N(C)Cc3ccccc3)n2)cc1. The summed E-state index contributed by atoms with van der Waals surface area (Å²) < 4.78 is 11.3. The van der Waals surface area contributed by atoms with Crippen molar-refractivity contribution in [2.75, 3.05) is 13.7 Å². The third-order valence-electron chi connectivity index (χ3n) is 4.89. The Kier molecular flexibility index (Phi) is 6.08. The Bertz CT molecular complexity index is 1150. The van der Waals surface area contributed by atoms with Gasteiger partial charge in [-0.05, 0) is 24.6 Å². The fourth-order valence-electron chi connectivity index (χ4n) is 3.12. The van der Waals surface area contributed by atoms with Crippen molar-refractivity contribution in [3.63, 3.8) is 0 Å². The molecule has 0 unspecified atom stereocenters. The third-order valence-corrected chi connectivity index (χ3v) is 4.89. The maximum absolute atomic E-state index is 12.5. The van der Waals surface area contributed by atoms with E-state index in [2.05, 4.69) is 10.1 Å². The van der Waals surface area contributed by atoms with E-state index in [0.29, 0.717) is 29.6 Å². The molecule has 0 saturated carbocycles. The first kappa shape index (κ1) is 20.3. The smallest absolute Gasteiger partial charge is 0.262 e. The lowest BCUT2D eigenvalue weighted by atomic mass is 10.1. The van der Waals surface area contributed by atoms with Crippen LogP contribution in [0.1, 0.15) is 11.1 Å². The minimum absolute atomic E-state index is 0.0840. The van der Waals surface area contributed by atoms with Gasteiger partial charge in [-0.1, -0.05) is 77.5 Å². The van der Waals surface area contributed by atoms with Gasteiger partial charge in [-0.25, -0.2) is 0 Å². The van der Waals surface area contributed by atoms with Gasteiger partial charge in [0, 0.05) is 19.2 Å². The Morgan fingerprint density at radius 1 is 0.968 bits per heavy atom. The summed E-state index contributed by atoms with van der Waals surface area (Å²) in [6, 6.07) is 25.1. The molecule has 0 fully saturated rings. The summed E-state index contributed by atoms with van der Waals surface area (Å²) in [4.78, 5) is 18.7. The number of ether oxygens (including phenoxy) is 1. The van der Waals surface area contributed by atoms with E-state index in [1.165, 1.54) is 0 Å². The van der Waals surface area contributed by atoms with E-state index < -0.39 is 0 Å². The number of amides is 1. The molecule has 4 aromatic rings. The molecular weight excluding hydrogens is 390 g/mol. The van der Waals surface area contributed by atoms with E-state index in [1.54, 1.807) is 18.0 Å². The van der Waals surface area contributed by atoms with Crippen molar-refractivity contribution < 1.29 is 14.1 Å². The van der Waals surface area contributed by atoms with Crippen molar-refractivity contribution in [3.05, 3.63) is 90.0 Å². The molecule has 0 radical (unpaired) electrons. The molecule has 1 amide bonds. The fraction of sp³-hybridized carbons (Fsp3) is 0.160. The highest BCUT2D eigenvalue weighted by atomic mass is 16.5. The minimum atomic E-state index is -0.121. The molecule has 1 heterocycles. The summed E-state index contributed by atoms with van der Waals surface area (Å²) in [5.74, 6) is 1.24. The maximum atomic E-state index is 12.5. The number of carbonyl (C=O) groups excluding carboxylic acids is 1.